The number of hydrogen-bond acceptors (Lipinski definition) is 2. The van der Waals surface area contributed by atoms with Gasteiger partial charge in [-0.15, -0.1) is 0 Å². The lowest BCUT2D eigenvalue weighted by Gasteiger charge is -2.34. The number of hydrogen-bond donors (Lipinski definition) is 1. The van der Waals surface area contributed by atoms with Gasteiger partial charge in [0.05, 0.1) is 0 Å². The number of rotatable bonds is 2. The molecule has 0 saturated heterocycles. The normalized spacial score (nSPS) is 19.2. The molecule has 1 fully saturated rings. The van der Waals surface area contributed by atoms with E-state index in [4.69, 9.17) is 4.74 Å². The summed E-state index contributed by atoms with van der Waals surface area (Å²) in [6, 6.07) is 9.42. The van der Waals surface area contributed by atoms with Crippen LogP contribution in [0.15, 0.2) is 30.3 Å². The average molecular weight is 247 g/mol. The second kappa shape index (κ2) is 5.42. The van der Waals surface area contributed by atoms with Crippen molar-refractivity contribution in [2.45, 2.75) is 45.6 Å². The summed E-state index contributed by atoms with van der Waals surface area (Å²) in [5, 5.41) is 2.94. The number of carbonyl (C=O) groups excluding carboxylic acids is 1. The van der Waals surface area contributed by atoms with Crippen LogP contribution in [0.25, 0.3) is 0 Å². The van der Waals surface area contributed by atoms with Gasteiger partial charge in [0.15, 0.2) is 0 Å². The van der Waals surface area contributed by atoms with Crippen LogP contribution < -0.4 is 10.1 Å². The zero-order valence-electron chi connectivity index (χ0n) is 11.1. The van der Waals surface area contributed by atoms with Crippen LogP contribution in [0.5, 0.6) is 5.75 Å². The Morgan fingerprint density at radius 1 is 1.22 bits per heavy atom. The number of carbonyl (C=O) groups is 1. The summed E-state index contributed by atoms with van der Waals surface area (Å²) < 4.78 is 5.22. The Morgan fingerprint density at radius 2 is 1.83 bits per heavy atom. The minimum atomic E-state index is -0.342. The predicted octanol–water partition coefficient (Wildman–Crippen LogP) is 3.74. The molecule has 1 amide bonds. The molecule has 1 aliphatic carbocycles. The fourth-order valence-electron chi connectivity index (χ4n) is 2.34. The Balaban J connectivity index is 1.79. The third-order valence-electron chi connectivity index (χ3n) is 3.61. The molecule has 1 aromatic rings. The summed E-state index contributed by atoms with van der Waals surface area (Å²) >= 11 is 0. The highest BCUT2D eigenvalue weighted by molar-refractivity contribution is 5.70. The second-order valence-electron chi connectivity index (χ2n) is 5.79. The van der Waals surface area contributed by atoms with Gasteiger partial charge in [-0.2, -0.15) is 0 Å². The molecule has 0 bridgehead atoms. The van der Waals surface area contributed by atoms with Gasteiger partial charge >= 0.3 is 6.09 Å². The Labute approximate surface area is 109 Å². The Hall–Kier alpha value is -1.51. The van der Waals surface area contributed by atoms with Crippen LogP contribution in [0.2, 0.25) is 0 Å². The van der Waals surface area contributed by atoms with Gasteiger partial charge < -0.3 is 10.1 Å². The van der Waals surface area contributed by atoms with Gasteiger partial charge in [0, 0.05) is 6.04 Å². The van der Waals surface area contributed by atoms with E-state index >= 15 is 0 Å². The minimum Gasteiger partial charge on any atom is -0.410 e. The lowest BCUT2D eigenvalue weighted by molar-refractivity contribution is 0.174. The van der Waals surface area contributed by atoms with E-state index in [0.717, 1.165) is 25.7 Å². The molecule has 0 atom stereocenters. The first-order valence-corrected chi connectivity index (χ1v) is 6.59. The van der Waals surface area contributed by atoms with E-state index in [-0.39, 0.29) is 12.1 Å². The summed E-state index contributed by atoms with van der Waals surface area (Å²) in [6.45, 7) is 4.57. The number of amides is 1. The van der Waals surface area contributed by atoms with Crippen LogP contribution in [0.3, 0.4) is 0 Å². The van der Waals surface area contributed by atoms with Crippen LogP contribution in [-0.4, -0.2) is 12.1 Å². The van der Waals surface area contributed by atoms with Crippen LogP contribution in [0, 0.1) is 5.41 Å². The van der Waals surface area contributed by atoms with Gasteiger partial charge in [0.1, 0.15) is 5.75 Å². The topological polar surface area (TPSA) is 38.3 Å². The van der Waals surface area contributed by atoms with Gasteiger partial charge in [0.2, 0.25) is 0 Å². The molecular formula is C15H21NO2. The number of benzene rings is 1. The van der Waals surface area contributed by atoms with Crippen LogP contribution in [0.1, 0.15) is 39.5 Å². The van der Waals surface area contributed by atoms with Gasteiger partial charge in [0.25, 0.3) is 0 Å². The zero-order chi connectivity index (χ0) is 13.0. The van der Waals surface area contributed by atoms with Gasteiger partial charge in [-0.3, -0.25) is 0 Å². The molecule has 1 N–H and O–H groups in total. The Bertz CT molecular complexity index is 390. The first kappa shape index (κ1) is 12.9. The SMILES string of the molecule is CC1(C)CCC(NC(=O)Oc2ccccc2)CC1. The van der Waals surface area contributed by atoms with Crippen molar-refractivity contribution in [3.8, 4) is 5.75 Å². The lowest BCUT2D eigenvalue weighted by atomic mass is 9.76. The van der Waals surface area contributed by atoms with E-state index < -0.39 is 0 Å². The largest absolute Gasteiger partial charge is 0.412 e. The molecule has 3 heteroatoms. The highest BCUT2D eigenvalue weighted by Crippen LogP contribution is 2.34. The highest BCUT2D eigenvalue weighted by atomic mass is 16.6. The number of ether oxygens (including phenoxy) is 1. The van der Waals surface area contributed by atoms with Crippen molar-refractivity contribution in [3.63, 3.8) is 0 Å². The molecule has 0 spiro atoms. The first-order chi connectivity index (χ1) is 8.55. The van der Waals surface area contributed by atoms with Crippen molar-refractivity contribution < 1.29 is 9.53 Å². The third-order valence-corrected chi connectivity index (χ3v) is 3.61. The van der Waals surface area contributed by atoms with E-state index in [2.05, 4.69) is 19.2 Å². The molecule has 1 aliphatic rings. The molecule has 1 aromatic carbocycles. The Kier molecular flexibility index (Phi) is 3.90. The monoisotopic (exact) mass is 247 g/mol. The van der Waals surface area contributed by atoms with E-state index in [0.29, 0.717) is 11.2 Å². The summed E-state index contributed by atoms with van der Waals surface area (Å²) in [5.74, 6) is 0.589. The summed E-state index contributed by atoms with van der Waals surface area (Å²) in [7, 11) is 0. The Morgan fingerprint density at radius 3 is 2.44 bits per heavy atom. The van der Waals surface area contributed by atoms with E-state index in [1.54, 1.807) is 12.1 Å². The second-order valence-corrected chi connectivity index (χ2v) is 5.79. The quantitative estimate of drug-likeness (QED) is 0.864. The predicted molar refractivity (Wildman–Crippen MR) is 71.6 cm³/mol. The van der Waals surface area contributed by atoms with Crippen LogP contribution >= 0.6 is 0 Å². The van der Waals surface area contributed by atoms with Gasteiger partial charge in [-0.05, 0) is 43.2 Å². The van der Waals surface area contributed by atoms with E-state index in [1.807, 2.05) is 18.2 Å². The molecule has 0 aliphatic heterocycles. The third kappa shape index (κ3) is 3.76. The lowest BCUT2D eigenvalue weighted by Crippen LogP contribution is -2.40. The molecular weight excluding hydrogens is 226 g/mol. The molecule has 18 heavy (non-hydrogen) atoms. The van der Waals surface area contributed by atoms with E-state index in [1.165, 1.54) is 0 Å². The average Bonchev–Trinajstić information content (AvgIpc) is 2.33. The van der Waals surface area contributed by atoms with Crippen molar-refractivity contribution in [2.24, 2.45) is 5.41 Å². The fourth-order valence-corrected chi connectivity index (χ4v) is 2.34. The zero-order valence-corrected chi connectivity index (χ0v) is 11.1. The summed E-state index contributed by atoms with van der Waals surface area (Å²) in [5.41, 5.74) is 0.418. The van der Waals surface area contributed by atoms with E-state index in [9.17, 15) is 4.79 Å². The molecule has 0 heterocycles. The maximum absolute atomic E-state index is 11.7. The van der Waals surface area contributed by atoms with Crippen LogP contribution in [0.4, 0.5) is 4.79 Å². The molecule has 3 nitrogen and oxygen atoms in total. The molecule has 0 radical (unpaired) electrons. The highest BCUT2D eigenvalue weighted by Gasteiger charge is 2.27. The standard InChI is InChI=1S/C15H21NO2/c1-15(2)10-8-12(9-11-15)16-14(17)18-13-6-4-3-5-7-13/h3-7,12H,8-11H2,1-2H3,(H,16,17). The molecule has 0 aromatic heterocycles. The van der Waals surface area contributed by atoms with Gasteiger partial charge in [-0.1, -0.05) is 32.0 Å². The number of nitrogens with one attached hydrogen (secondary N) is 1. The van der Waals surface area contributed by atoms with Crippen molar-refractivity contribution >= 4 is 6.09 Å². The van der Waals surface area contributed by atoms with Crippen molar-refractivity contribution in [3.05, 3.63) is 30.3 Å². The minimum absolute atomic E-state index is 0.259. The maximum Gasteiger partial charge on any atom is 0.412 e. The first-order valence-electron chi connectivity index (χ1n) is 6.59. The number of para-hydroxylation sites is 1. The molecule has 0 unspecified atom stereocenters. The summed E-state index contributed by atoms with van der Waals surface area (Å²) in [4.78, 5) is 11.7. The fraction of sp³-hybridized carbons (Fsp3) is 0.533. The van der Waals surface area contributed by atoms with Crippen molar-refractivity contribution in [2.75, 3.05) is 0 Å². The molecule has 1 saturated carbocycles. The van der Waals surface area contributed by atoms with Gasteiger partial charge in [-0.25, -0.2) is 4.79 Å². The molecule has 98 valence electrons. The summed E-state index contributed by atoms with van der Waals surface area (Å²) in [6.07, 6.45) is 4.05. The molecule has 2 rings (SSSR count). The smallest absolute Gasteiger partial charge is 0.410 e. The van der Waals surface area contributed by atoms with Crippen molar-refractivity contribution in [1.29, 1.82) is 0 Å². The van der Waals surface area contributed by atoms with Crippen LogP contribution in [-0.2, 0) is 0 Å². The van der Waals surface area contributed by atoms with Crippen molar-refractivity contribution in [1.82, 2.24) is 5.32 Å². The maximum atomic E-state index is 11.7.